The number of pyridine rings is 1. The molecule has 2 aromatic heterocycles. The van der Waals surface area contributed by atoms with E-state index in [-0.39, 0.29) is 19.0 Å². The molecule has 6 bridgehead atoms. The first kappa shape index (κ1) is 34.1. The predicted octanol–water partition coefficient (Wildman–Crippen LogP) is 7.11. The summed E-state index contributed by atoms with van der Waals surface area (Å²) in [5.74, 6) is 1.47. The zero-order valence-corrected chi connectivity index (χ0v) is 28.3. The Balaban J connectivity index is 1.40. The second-order valence-electron chi connectivity index (χ2n) is 12.1. The molecule has 254 valence electrons. The lowest BCUT2D eigenvalue weighted by molar-refractivity contribution is 0.123. The van der Waals surface area contributed by atoms with Crippen LogP contribution in [0.2, 0.25) is 0 Å². The maximum atomic E-state index is 16.1. The van der Waals surface area contributed by atoms with Gasteiger partial charge in [0.05, 0.1) is 49.3 Å². The molecule has 0 saturated heterocycles. The van der Waals surface area contributed by atoms with Gasteiger partial charge in [0.2, 0.25) is 5.88 Å². The molecule has 0 radical (unpaired) electrons. The van der Waals surface area contributed by atoms with E-state index in [9.17, 15) is 5.26 Å². The van der Waals surface area contributed by atoms with Gasteiger partial charge in [-0.3, -0.25) is 0 Å². The minimum atomic E-state index is -0.382. The molecule has 1 aliphatic rings. The van der Waals surface area contributed by atoms with Crippen LogP contribution in [0.15, 0.2) is 60.7 Å². The number of benzene rings is 3. The summed E-state index contributed by atoms with van der Waals surface area (Å²) in [6.45, 7) is 7.64. The summed E-state index contributed by atoms with van der Waals surface area (Å²) in [6, 6.07) is 20.7. The first-order valence-corrected chi connectivity index (χ1v) is 16.7. The van der Waals surface area contributed by atoms with Gasteiger partial charge in [-0.05, 0) is 90.0 Å². The number of aromatic nitrogens is 3. The fourth-order valence-corrected chi connectivity index (χ4v) is 6.06. The minimum absolute atomic E-state index is 0.255. The molecular weight excluding hydrogens is 623 g/mol. The second-order valence-corrected chi connectivity index (χ2v) is 12.1. The third kappa shape index (κ3) is 8.08. The predicted molar refractivity (Wildman–Crippen MR) is 184 cm³/mol. The standard InChI is InChI=1S/C39H41FN4O5/c1-4-12-46-14-11-44-35-17-26(2)18-36(48-16-15-45-3)39(35)43-37(44)22-30-21-33(40)32-20-28(30)10-13-47-25-31-19-27(8-9-29(31)23-41)24-49-38-7-5-6-34(32)42-38/h5-9,17-21H,4,10-16,22,24-25H2,1-3H3. The van der Waals surface area contributed by atoms with Crippen molar-refractivity contribution in [2.24, 2.45) is 0 Å². The maximum absolute atomic E-state index is 16.1. The van der Waals surface area contributed by atoms with Crippen LogP contribution in [0, 0.1) is 24.1 Å². The average molecular weight is 665 g/mol. The van der Waals surface area contributed by atoms with Gasteiger partial charge in [0.15, 0.2) is 0 Å². The number of ether oxygens (including phenoxy) is 5. The van der Waals surface area contributed by atoms with Crippen LogP contribution in [0.25, 0.3) is 22.3 Å². The largest absolute Gasteiger partial charge is 0.489 e. The number of fused-ring (bicyclic) bond motifs is 8. The first-order valence-electron chi connectivity index (χ1n) is 16.7. The summed E-state index contributed by atoms with van der Waals surface area (Å²) in [4.78, 5) is 9.74. The maximum Gasteiger partial charge on any atom is 0.214 e. The Labute approximate surface area is 286 Å². The summed E-state index contributed by atoms with van der Waals surface area (Å²) < 4.78 is 47.6. The van der Waals surface area contributed by atoms with E-state index in [4.69, 9.17) is 28.7 Å². The Kier molecular flexibility index (Phi) is 11.2. The Morgan fingerprint density at radius 2 is 1.88 bits per heavy atom. The van der Waals surface area contributed by atoms with E-state index >= 15 is 4.39 Å². The monoisotopic (exact) mass is 664 g/mol. The zero-order chi connectivity index (χ0) is 34.2. The lowest BCUT2D eigenvalue weighted by Gasteiger charge is -2.15. The van der Waals surface area contributed by atoms with E-state index in [2.05, 4.69) is 28.6 Å². The van der Waals surface area contributed by atoms with Crippen LogP contribution in [-0.4, -0.2) is 54.7 Å². The molecule has 0 fully saturated rings. The molecule has 49 heavy (non-hydrogen) atoms. The second kappa shape index (κ2) is 16.1. The first-order chi connectivity index (χ1) is 24.0. The Bertz CT molecular complexity index is 1970. The van der Waals surface area contributed by atoms with Crippen LogP contribution in [0.3, 0.4) is 0 Å². The van der Waals surface area contributed by atoms with Crippen LogP contribution >= 0.6 is 0 Å². The molecule has 3 aromatic carbocycles. The summed E-state index contributed by atoms with van der Waals surface area (Å²) in [6.07, 6.45) is 1.83. The van der Waals surface area contributed by atoms with Crippen molar-refractivity contribution < 1.29 is 28.1 Å². The van der Waals surface area contributed by atoms with Crippen LogP contribution in [0.4, 0.5) is 4.39 Å². The van der Waals surface area contributed by atoms with Crippen molar-refractivity contribution in [2.45, 2.75) is 52.9 Å². The van der Waals surface area contributed by atoms with Gasteiger partial charge in [-0.2, -0.15) is 5.26 Å². The van der Waals surface area contributed by atoms with Gasteiger partial charge in [-0.25, -0.2) is 14.4 Å². The summed E-state index contributed by atoms with van der Waals surface area (Å²) in [5.41, 5.74) is 7.54. The number of rotatable bonds is 11. The molecule has 0 unspecified atom stereocenters. The van der Waals surface area contributed by atoms with Crippen LogP contribution in [-0.2, 0) is 46.8 Å². The molecule has 10 heteroatoms. The summed E-state index contributed by atoms with van der Waals surface area (Å²) in [5, 5.41) is 9.69. The molecule has 0 N–H and O–H groups in total. The van der Waals surface area contributed by atoms with Crippen molar-refractivity contribution in [2.75, 3.05) is 40.1 Å². The van der Waals surface area contributed by atoms with Gasteiger partial charge in [-0.1, -0.05) is 19.1 Å². The highest BCUT2D eigenvalue weighted by molar-refractivity contribution is 5.83. The fourth-order valence-electron chi connectivity index (χ4n) is 6.06. The number of imidazole rings is 1. The topological polar surface area (TPSA) is 101 Å². The third-order valence-electron chi connectivity index (χ3n) is 8.48. The highest BCUT2D eigenvalue weighted by Crippen LogP contribution is 2.32. The zero-order valence-electron chi connectivity index (χ0n) is 28.3. The van der Waals surface area contributed by atoms with Crippen LogP contribution in [0.1, 0.15) is 52.5 Å². The molecular formula is C39H41FN4O5. The van der Waals surface area contributed by atoms with Crippen molar-refractivity contribution in [3.8, 4) is 29.0 Å². The quantitative estimate of drug-likeness (QED) is 0.138. The molecule has 0 saturated carbocycles. The van der Waals surface area contributed by atoms with Crippen molar-refractivity contribution in [3.05, 3.63) is 106 Å². The van der Waals surface area contributed by atoms with Gasteiger partial charge in [-0.15, -0.1) is 0 Å². The minimum Gasteiger partial charge on any atom is -0.489 e. The Hall–Kier alpha value is -4.82. The fraction of sp³-hybridized carbons (Fsp3) is 0.359. The number of hydrogen-bond donors (Lipinski definition) is 0. The lowest BCUT2D eigenvalue weighted by Crippen LogP contribution is -2.12. The van der Waals surface area contributed by atoms with E-state index in [1.165, 1.54) is 0 Å². The van der Waals surface area contributed by atoms with Crippen molar-refractivity contribution in [1.29, 1.82) is 5.26 Å². The lowest BCUT2D eigenvalue weighted by atomic mass is 9.96. The summed E-state index contributed by atoms with van der Waals surface area (Å²) >= 11 is 0. The number of nitrogens with zero attached hydrogens (tertiary/aromatic N) is 4. The molecule has 3 heterocycles. The van der Waals surface area contributed by atoms with Crippen molar-refractivity contribution in [3.63, 3.8) is 0 Å². The van der Waals surface area contributed by atoms with Crippen LogP contribution in [0.5, 0.6) is 11.6 Å². The highest BCUT2D eigenvalue weighted by atomic mass is 19.1. The number of methoxy groups -OCH3 is 1. The Morgan fingerprint density at radius 3 is 2.71 bits per heavy atom. The van der Waals surface area contributed by atoms with Gasteiger partial charge >= 0.3 is 0 Å². The molecule has 6 rings (SSSR count). The molecule has 0 spiro atoms. The molecule has 5 aromatic rings. The molecule has 0 amide bonds. The molecule has 1 aliphatic heterocycles. The van der Waals surface area contributed by atoms with Gasteiger partial charge in [0.1, 0.15) is 36.1 Å². The van der Waals surface area contributed by atoms with Gasteiger partial charge in [0, 0.05) is 38.3 Å². The average Bonchev–Trinajstić information content (AvgIpc) is 3.44. The van der Waals surface area contributed by atoms with E-state index < -0.39 is 0 Å². The van der Waals surface area contributed by atoms with E-state index in [1.807, 2.05) is 37.3 Å². The van der Waals surface area contributed by atoms with E-state index in [0.717, 1.165) is 51.1 Å². The smallest absolute Gasteiger partial charge is 0.214 e. The van der Waals surface area contributed by atoms with Gasteiger partial charge < -0.3 is 28.3 Å². The van der Waals surface area contributed by atoms with E-state index in [1.54, 1.807) is 31.4 Å². The van der Waals surface area contributed by atoms with E-state index in [0.29, 0.717) is 80.9 Å². The third-order valence-corrected chi connectivity index (χ3v) is 8.48. The van der Waals surface area contributed by atoms with Crippen molar-refractivity contribution in [1.82, 2.24) is 14.5 Å². The SMILES string of the molecule is CCCOCCn1c(Cc2cc(F)c3cc2CCOCc2cc(ccc2C#N)COc2cccc-3n2)nc2c(OCCOC)cc(C)cc21. The number of hydrogen-bond acceptors (Lipinski definition) is 8. The Morgan fingerprint density at radius 1 is 0.980 bits per heavy atom. The highest BCUT2D eigenvalue weighted by Gasteiger charge is 2.20. The number of nitriles is 1. The van der Waals surface area contributed by atoms with Crippen LogP contribution < -0.4 is 9.47 Å². The summed E-state index contributed by atoms with van der Waals surface area (Å²) in [7, 11) is 1.64. The molecule has 0 aliphatic carbocycles. The molecule has 0 atom stereocenters. The number of halogens is 1. The van der Waals surface area contributed by atoms with Gasteiger partial charge in [0.25, 0.3) is 0 Å². The normalized spacial score (nSPS) is 13.0. The van der Waals surface area contributed by atoms with Crippen molar-refractivity contribution >= 4 is 11.0 Å². The molecule has 9 nitrogen and oxygen atoms in total. The number of aryl methyl sites for hydroxylation is 1.